The van der Waals surface area contributed by atoms with Gasteiger partial charge < -0.3 is 14.8 Å². The Morgan fingerprint density at radius 3 is 2.60 bits per heavy atom. The molecule has 2 aromatic heterocycles. The van der Waals surface area contributed by atoms with Crippen molar-refractivity contribution >= 4 is 17.5 Å². The van der Waals surface area contributed by atoms with Crippen LogP contribution in [0.4, 0.5) is 0 Å². The molecule has 10 heteroatoms. The van der Waals surface area contributed by atoms with Crippen molar-refractivity contribution in [1.29, 1.82) is 0 Å². The third kappa shape index (κ3) is 7.05. The number of halogens is 1. The van der Waals surface area contributed by atoms with E-state index in [-0.39, 0.29) is 11.8 Å². The van der Waals surface area contributed by atoms with Crippen LogP contribution < -0.4 is 4.73 Å². The second-order valence-electron chi connectivity index (χ2n) is 11.4. The Morgan fingerprint density at radius 2 is 1.87 bits per heavy atom. The lowest BCUT2D eigenvalue weighted by molar-refractivity contribution is -0.614. The predicted octanol–water partition coefficient (Wildman–Crippen LogP) is 5.73. The number of tetrazole rings is 1. The van der Waals surface area contributed by atoms with E-state index >= 15 is 0 Å². The summed E-state index contributed by atoms with van der Waals surface area (Å²) >= 11 is 6.37. The number of aromatic nitrogens is 5. The van der Waals surface area contributed by atoms with Gasteiger partial charge >= 0.3 is 0 Å². The number of methoxy groups -OCH3 is 1. The topological polar surface area (TPSA) is 100 Å². The quantitative estimate of drug-likeness (QED) is 0.146. The molecule has 5 aromatic rings. The van der Waals surface area contributed by atoms with Crippen LogP contribution >= 0.6 is 11.6 Å². The van der Waals surface area contributed by atoms with Crippen LogP contribution in [0.1, 0.15) is 53.5 Å². The Labute approximate surface area is 267 Å². The number of rotatable bonds is 10. The molecular weight excluding hydrogens is 588 g/mol. The lowest BCUT2D eigenvalue weighted by Gasteiger charge is -2.32. The molecule has 3 aromatic carbocycles. The first-order valence-electron chi connectivity index (χ1n) is 15.2. The maximum Gasteiger partial charge on any atom is 0.224 e. The Morgan fingerprint density at radius 1 is 1.04 bits per heavy atom. The highest BCUT2D eigenvalue weighted by Crippen LogP contribution is 2.34. The molecule has 1 fully saturated rings. The third-order valence-electron chi connectivity index (χ3n) is 8.57. The molecule has 9 nitrogen and oxygen atoms in total. The number of pyridine rings is 1. The molecule has 0 saturated carbocycles. The van der Waals surface area contributed by atoms with E-state index in [1.54, 1.807) is 25.4 Å². The van der Waals surface area contributed by atoms with Crippen molar-refractivity contribution in [3.05, 3.63) is 130 Å². The molecule has 0 unspecified atom stereocenters. The molecule has 1 aliphatic rings. The molecule has 45 heavy (non-hydrogen) atoms. The summed E-state index contributed by atoms with van der Waals surface area (Å²) in [6, 6.07) is 28.1. The van der Waals surface area contributed by atoms with Crippen LogP contribution in [0.25, 0.3) is 16.8 Å². The van der Waals surface area contributed by atoms with E-state index in [1.165, 1.54) is 16.7 Å². The van der Waals surface area contributed by atoms with Crippen molar-refractivity contribution in [2.75, 3.05) is 26.8 Å². The second kappa shape index (κ2) is 14.0. The number of ether oxygens (including phenoxy) is 1. The summed E-state index contributed by atoms with van der Waals surface area (Å²) in [4.78, 5) is 15.9. The van der Waals surface area contributed by atoms with Gasteiger partial charge in [-0.05, 0) is 71.3 Å². The highest BCUT2D eigenvalue weighted by molar-refractivity contribution is 6.31. The predicted molar refractivity (Wildman–Crippen MR) is 172 cm³/mol. The molecule has 1 atom stereocenters. The number of hydrogen-bond acceptors (Lipinski definition) is 6. The Kier molecular flexibility index (Phi) is 9.47. The van der Waals surface area contributed by atoms with Crippen LogP contribution in [0.2, 0.25) is 5.02 Å². The van der Waals surface area contributed by atoms with E-state index in [4.69, 9.17) is 16.3 Å². The fourth-order valence-electron chi connectivity index (χ4n) is 6.20. The van der Waals surface area contributed by atoms with Crippen LogP contribution in [0.5, 0.6) is 0 Å². The largest absolute Gasteiger partial charge is 0.618 e. The van der Waals surface area contributed by atoms with Gasteiger partial charge in [0.15, 0.2) is 12.5 Å². The van der Waals surface area contributed by atoms with Gasteiger partial charge in [-0.3, -0.25) is 4.79 Å². The molecule has 1 aliphatic heterocycles. The fraction of sp³-hybridized carbons (Fsp3) is 0.286. The minimum absolute atomic E-state index is 0.151. The van der Waals surface area contributed by atoms with E-state index < -0.39 is 0 Å². The number of carbonyl (C=O) groups excluding carboxylic acids is 1. The lowest BCUT2D eigenvalue weighted by Crippen LogP contribution is -2.38. The normalized spacial score (nSPS) is 14.4. The zero-order chi connectivity index (χ0) is 31.2. The number of nitrogens with zero attached hydrogens (tertiary/aromatic N) is 6. The van der Waals surface area contributed by atoms with E-state index in [0.29, 0.717) is 47.3 Å². The van der Waals surface area contributed by atoms with Gasteiger partial charge in [-0.15, -0.1) is 15.0 Å². The van der Waals surface area contributed by atoms with E-state index in [9.17, 15) is 10.0 Å². The monoisotopic (exact) mass is 622 g/mol. The molecule has 0 spiro atoms. The van der Waals surface area contributed by atoms with Crippen molar-refractivity contribution in [3.63, 3.8) is 0 Å². The molecule has 6 rings (SSSR count). The molecule has 3 heterocycles. The molecule has 230 valence electrons. The Hall–Kier alpha value is -4.60. The standard InChI is InChI=1S/C35H35ClN6O3/c1-45-19-16-35(43)40-17-14-26(15-18-40)27-8-5-9-28(21-27)31(20-25-6-3-2-4-7-25)33-12-10-29(23-41(33)44)32-22-30(36)11-13-34(32)42-38-24-37-39-42/h2-13,21-24,26,31H,14-20H2,1H3/t31-/m0/s1. The smallest absolute Gasteiger partial charge is 0.224 e. The first-order chi connectivity index (χ1) is 22.0. The summed E-state index contributed by atoms with van der Waals surface area (Å²) in [5.41, 5.74) is 6.22. The van der Waals surface area contributed by atoms with Crippen molar-refractivity contribution in [2.45, 2.75) is 37.5 Å². The third-order valence-corrected chi connectivity index (χ3v) is 8.81. The minimum atomic E-state index is -0.176. The van der Waals surface area contributed by atoms with Crippen molar-refractivity contribution in [3.8, 4) is 16.8 Å². The summed E-state index contributed by atoms with van der Waals surface area (Å²) in [5.74, 6) is 0.325. The van der Waals surface area contributed by atoms with E-state index in [1.807, 2.05) is 41.3 Å². The van der Waals surface area contributed by atoms with Crippen LogP contribution in [-0.4, -0.2) is 57.8 Å². The van der Waals surface area contributed by atoms with Crippen LogP contribution in [0.3, 0.4) is 0 Å². The number of benzene rings is 3. The fourth-order valence-corrected chi connectivity index (χ4v) is 6.37. The molecular formula is C35H35ClN6O3. The van der Waals surface area contributed by atoms with Gasteiger partial charge in [-0.25, -0.2) is 0 Å². The molecule has 1 saturated heterocycles. The van der Waals surface area contributed by atoms with Gasteiger partial charge in [0.1, 0.15) is 0 Å². The van der Waals surface area contributed by atoms with Gasteiger partial charge in [0.25, 0.3) is 0 Å². The Bertz CT molecular complexity index is 1740. The van der Waals surface area contributed by atoms with Crippen LogP contribution in [0.15, 0.2) is 97.5 Å². The number of piperidine rings is 1. The number of hydrogen-bond donors (Lipinski definition) is 0. The number of likely N-dealkylation sites (tertiary alicyclic amines) is 1. The molecule has 0 N–H and O–H groups in total. The maximum atomic E-state index is 13.8. The zero-order valence-electron chi connectivity index (χ0n) is 25.1. The van der Waals surface area contributed by atoms with Crippen molar-refractivity contribution in [2.24, 2.45) is 0 Å². The SMILES string of the molecule is COCCC(=O)N1CCC(c2cccc([C@H](Cc3ccccc3)c3ccc(-c4cc(Cl)ccc4-n4ncnn4)c[n+]3[O-])c2)CC1. The van der Waals surface area contributed by atoms with Gasteiger partial charge in [0.05, 0.1) is 24.6 Å². The zero-order valence-corrected chi connectivity index (χ0v) is 25.9. The van der Waals surface area contributed by atoms with E-state index in [2.05, 4.69) is 51.8 Å². The number of carbonyl (C=O) groups is 1. The highest BCUT2D eigenvalue weighted by atomic mass is 35.5. The summed E-state index contributed by atoms with van der Waals surface area (Å²) < 4.78 is 6.06. The second-order valence-corrected chi connectivity index (χ2v) is 11.8. The summed E-state index contributed by atoms with van der Waals surface area (Å²) in [5, 5.41) is 26.4. The van der Waals surface area contributed by atoms with Gasteiger partial charge in [-0.2, -0.15) is 4.73 Å². The minimum Gasteiger partial charge on any atom is -0.618 e. The summed E-state index contributed by atoms with van der Waals surface area (Å²) in [6.07, 6.45) is 5.86. The summed E-state index contributed by atoms with van der Waals surface area (Å²) in [6.45, 7) is 1.93. The van der Waals surface area contributed by atoms with Crippen LogP contribution in [0, 0.1) is 5.21 Å². The van der Waals surface area contributed by atoms with E-state index in [0.717, 1.165) is 47.4 Å². The summed E-state index contributed by atoms with van der Waals surface area (Å²) in [7, 11) is 1.62. The highest BCUT2D eigenvalue weighted by Gasteiger charge is 2.27. The first-order valence-corrected chi connectivity index (χ1v) is 15.5. The molecule has 0 aliphatic carbocycles. The lowest BCUT2D eigenvalue weighted by atomic mass is 9.84. The van der Waals surface area contributed by atoms with Crippen LogP contribution in [-0.2, 0) is 16.0 Å². The number of amides is 1. The molecule has 1 amide bonds. The van der Waals surface area contributed by atoms with Gasteiger partial charge in [0, 0.05) is 42.4 Å². The average Bonchev–Trinajstić information content (AvgIpc) is 3.62. The van der Waals surface area contributed by atoms with Crippen molar-refractivity contribution < 1.29 is 14.3 Å². The van der Waals surface area contributed by atoms with Gasteiger partial charge in [-0.1, -0.05) is 66.2 Å². The van der Waals surface area contributed by atoms with Gasteiger partial charge in [0.2, 0.25) is 11.6 Å². The molecule has 0 radical (unpaired) electrons. The maximum absolute atomic E-state index is 13.8. The Balaban J connectivity index is 1.31. The average molecular weight is 623 g/mol. The molecule has 0 bridgehead atoms. The first kappa shape index (κ1) is 30.4. The van der Waals surface area contributed by atoms with Crippen molar-refractivity contribution in [1.82, 2.24) is 25.1 Å².